The zero-order chi connectivity index (χ0) is 18.0. The van der Waals surface area contributed by atoms with E-state index in [4.69, 9.17) is 14.6 Å². The van der Waals surface area contributed by atoms with Crippen molar-refractivity contribution < 1.29 is 26.3 Å². The summed E-state index contributed by atoms with van der Waals surface area (Å²) in [5.74, 6) is 0.445. The van der Waals surface area contributed by atoms with E-state index >= 15 is 0 Å². The molecule has 0 saturated heterocycles. The van der Waals surface area contributed by atoms with Crippen LogP contribution in [0.1, 0.15) is 0 Å². The Morgan fingerprint density at radius 2 is 1.67 bits per heavy atom. The van der Waals surface area contributed by atoms with Gasteiger partial charge in [-0.15, -0.1) is 0 Å². The highest BCUT2D eigenvalue weighted by Gasteiger charge is 2.21. The summed E-state index contributed by atoms with van der Waals surface area (Å²) in [6.45, 7) is 0. The summed E-state index contributed by atoms with van der Waals surface area (Å²) in [6.07, 6.45) is 0. The molecule has 24 heavy (non-hydrogen) atoms. The van der Waals surface area contributed by atoms with Gasteiger partial charge in [-0.2, -0.15) is 0 Å². The minimum Gasteiger partial charge on any atom is -0.497 e. The fraction of sp³-hybridized carbons (Fsp3) is 0.143. The van der Waals surface area contributed by atoms with Gasteiger partial charge in [0.2, 0.25) is 10.0 Å². The Labute approximate surface area is 140 Å². The predicted molar refractivity (Wildman–Crippen MR) is 88.2 cm³/mol. The monoisotopic (exact) mass is 372 g/mol. The molecule has 0 atom stereocenters. The standard InChI is InChI=1S/C14H16N2O6S2/c1-21-11-6-7-13(22-2)14(9-11)24(19,20)16-10-4-3-5-12(8-10)23(15,17)18/h3-9,16H,1-2H3,(H2,15,17,18). The molecular formula is C14H16N2O6S2. The summed E-state index contributed by atoms with van der Waals surface area (Å²) in [4.78, 5) is -0.356. The third-order valence-corrected chi connectivity index (χ3v) is 5.39. The van der Waals surface area contributed by atoms with Gasteiger partial charge in [0.1, 0.15) is 16.4 Å². The van der Waals surface area contributed by atoms with E-state index in [0.29, 0.717) is 5.75 Å². The first-order chi connectivity index (χ1) is 11.2. The fourth-order valence-electron chi connectivity index (χ4n) is 1.94. The number of nitrogens with two attached hydrogens (primary N) is 1. The number of benzene rings is 2. The van der Waals surface area contributed by atoms with Gasteiger partial charge in [0.05, 0.1) is 24.8 Å². The molecule has 2 aromatic rings. The summed E-state index contributed by atoms with van der Waals surface area (Å²) >= 11 is 0. The second-order valence-corrected chi connectivity index (χ2v) is 7.91. The SMILES string of the molecule is COc1ccc(OC)c(S(=O)(=O)Nc2cccc(S(N)(=O)=O)c2)c1. The van der Waals surface area contributed by atoms with Gasteiger partial charge in [-0.25, -0.2) is 22.0 Å². The summed E-state index contributed by atoms with van der Waals surface area (Å²) in [6, 6.07) is 9.47. The van der Waals surface area contributed by atoms with E-state index < -0.39 is 20.0 Å². The van der Waals surface area contributed by atoms with E-state index in [1.807, 2.05) is 0 Å². The lowest BCUT2D eigenvalue weighted by Crippen LogP contribution is -2.16. The molecule has 3 N–H and O–H groups in total. The second-order valence-electron chi connectivity index (χ2n) is 4.70. The maximum absolute atomic E-state index is 12.6. The predicted octanol–water partition coefficient (Wildman–Crippen LogP) is 1.15. The molecule has 130 valence electrons. The molecule has 0 heterocycles. The van der Waals surface area contributed by atoms with Gasteiger partial charge >= 0.3 is 0 Å². The van der Waals surface area contributed by atoms with Crippen molar-refractivity contribution in [3.63, 3.8) is 0 Å². The Kier molecular flexibility index (Phi) is 5.02. The van der Waals surface area contributed by atoms with Crippen LogP contribution in [0, 0.1) is 0 Å². The van der Waals surface area contributed by atoms with Crippen LogP contribution in [0.2, 0.25) is 0 Å². The Hall–Kier alpha value is -2.30. The molecule has 2 rings (SSSR count). The Morgan fingerprint density at radius 1 is 0.958 bits per heavy atom. The topological polar surface area (TPSA) is 125 Å². The molecular weight excluding hydrogens is 356 g/mol. The quantitative estimate of drug-likeness (QED) is 0.784. The molecule has 0 saturated carbocycles. The molecule has 0 aliphatic heterocycles. The van der Waals surface area contributed by atoms with E-state index in [2.05, 4.69) is 4.72 Å². The lowest BCUT2D eigenvalue weighted by Gasteiger charge is -2.13. The van der Waals surface area contributed by atoms with E-state index in [1.165, 1.54) is 44.6 Å². The molecule has 0 aromatic heterocycles. The van der Waals surface area contributed by atoms with Crippen LogP contribution in [0.15, 0.2) is 52.3 Å². The Balaban J connectivity index is 2.46. The average molecular weight is 372 g/mol. The van der Waals surface area contributed by atoms with Gasteiger partial charge in [0.25, 0.3) is 10.0 Å². The number of primary sulfonamides is 1. The smallest absolute Gasteiger partial charge is 0.265 e. The number of nitrogens with one attached hydrogen (secondary N) is 1. The summed E-state index contributed by atoms with van der Waals surface area (Å²) in [5, 5.41) is 5.04. The van der Waals surface area contributed by atoms with Gasteiger partial charge in [-0.3, -0.25) is 4.72 Å². The van der Waals surface area contributed by atoms with E-state index in [1.54, 1.807) is 6.07 Å². The molecule has 0 unspecified atom stereocenters. The molecule has 0 bridgehead atoms. The largest absolute Gasteiger partial charge is 0.497 e. The molecule has 0 aliphatic carbocycles. The van der Waals surface area contributed by atoms with Crippen molar-refractivity contribution in [1.82, 2.24) is 0 Å². The maximum atomic E-state index is 12.6. The highest BCUT2D eigenvalue weighted by Crippen LogP contribution is 2.30. The van der Waals surface area contributed by atoms with Crippen LogP contribution in [-0.2, 0) is 20.0 Å². The third kappa shape index (κ3) is 3.96. The Bertz CT molecular complexity index is 955. The average Bonchev–Trinajstić information content (AvgIpc) is 2.53. The second kappa shape index (κ2) is 6.67. The van der Waals surface area contributed by atoms with Crippen molar-refractivity contribution in [2.75, 3.05) is 18.9 Å². The number of hydrogen-bond donors (Lipinski definition) is 2. The highest BCUT2D eigenvalue weighted by molar-refractivity contribution is 7.92. The molecule has 0 fully saturated rings. The summed E-state index contributed by atoms with van der Waals surface area (Å²) < 4.78 is 60.3. The lowest BCUT2D eigenvalue weighted by atomic mass is 10.3. The van der Waals surface area contributed by atoms with Crippen LogP contribution < -0.4 is 19.3 Å². The number of sulfonamides is 2. The molecule has 0 amide bonds. The number of ether oxygens (including phenoxy) is 2. The van der Waals surface area contributed by atoms with Crippen LogP contribution in [0.25, 0.3) is 0 Å². The summed E-state index contributed by atoms with van der Waals surface area (Å²) in [5.41, 5.74) is 0.0476. The zero-order valence-electron chi connectivity index (χ0n) is 12.9. The molecule has 8 nitrogen and oxygen atoms in total. The van der Waals surface area contributed by atoms with Crippen LogP contribution >= 0.6 is 0 Å². The van der Waals surface area contributed by atoms with E-state index in [0.717, 1.165) is 6.07 Å². The normalized spacial score (nSPS) is 11.8. The van der Waals surface area contributed by atoms with E-state index in [9.17, 15) is 16.8 Å². The molecule has 0 spiro atoms. The summed E-state index contributed by atoms with van der Waals surface area (Å²) in [7, 11) is -5.25. The third-order valence-electron chi connectivity index (χ3n) is 3.08. The van der Waals surface area contributed by atoms with Gasteiger partial charge in [0, 0.05) is 6.07 Å². The number of rotatable bonds is 6. The maximum Gasteiger partial charge on any atom is 0.265 e. The van der Waals surface area contributed by atoms with Gasteiger partial charge in [0.15, 0.2) is 0 Å². The lowest BCUT2D eigenvalue weighted by molar-refractivity contribution is 0.392. The van der Waals surface area contributed by atoms with Crippen LogP contribution in [0.4, 0.5) is 5.69 Å². The van der Waals surface area contributed by atoms with Crippen molar-refractivity contribution in [1.29, 1.82) is 0 Å². The van der Waals surface area contributed by atoms with Gasteiger partial charge < -0.3 is 9.47 Å². The van der Waals surface area contributed by atoms with Gasteiger partial charge in [-0.1, -0.05) is 6.07 Å². The van der Waals surface area contributed by atoms with Crippen LogP contribution in [0.5, 0.6) is 11.5 Å². The molecule has 0 aliphatic rings. The molecule has 0 radical (unpaired) electrons. The number of hydrogen-bond acceptors (Lipinski definition) is 6. The van der Waals surface area contributed by atoms with Crippen molar-refractivity contribution in [3.8, 4) is 11.5 Å². The van der Waals surface area contributed by atoms with Crippen molar-refractivity contribution in [2.45, 2.75) is 9.79 Å². The first kappa shape index (κ1) is 18.0. The van der Waals surface area contributed by atoms with Crippen LogP contribution in [-0.4, -0.2) is 31.1 Å². The van der Waals surface area contributed by atoms with Crippen molar-refractivity contribution >= 4 is 25.7 Å². The Morgan fingerprint density at radius 3 is 2.25 bits per heavy atom. The first-order valence-corrected chi connectivity index (χ1v) is 9.58. The minimum absolute atomic E-state index is 0.0476. The van der Waals surface area contributed by atoms with E-state index in [-0.39, 0.29) is 21.2 Å². The van der Waals surface area contributed by atoms with Gasteiger partial charge in [-0.05, 0) is 30.3 Å². The molecule has 10 heteroatoms. The zero-order valence-corrected chi connectivity index (χ0v) is 14.5. The molecule has 2 aromatic carbocycles. The highest BCUT2D eigenvalue weighted by atomic mass is 32.2. The fourth-order valence-corrected chi connectivity index (χ4v) is 3.73. The minimum atomic E-state index is -4.04. The van der Waals surface area contributed by atoms with Crippen molar-refractivity contribution in [3.05, 3.63) is 42.5 Å². The first-order valence-electron chi connectivity index (χ1n) is 6.55. The number of methoxy groups -OCH3 is 2. The van der Waals surface area contributed by atoms with Crippen LogP contribution in [0.3, 0.4) is 0 Å². The number of anilines is 1. The van der Waals surface area contributed by atoms with Crippen molar-refractivity contribution in [2.24, 2.45) is 5.14 Å².